The van der Waals surface area contributed by atoms with Crippen LogP contribution < -0.4 is 15.5 Å². The molecule has 1 atom stereocenters. The highest BCUT2D eigenvalue weighted by atomic mass is 19.1. The van der Waals surface area contributed by atoms with Crippen molar-refractivity contribution >= 4 is 23.2 Å². The Morgan fingerprint density at radius 3 is 2.47 bits per heavy atom. The molecule has 7 heteroatoms. The van der Waals surface area contributed by atoms with Crippen LogP contribution >= 0.6 is 0 Å². The van der Waals surface area contributed by atoms with Crippen LogP contribution in [0.3, 0.4) is 0 Å². The van der Waals surface area contributed by atoms with Gasteiger partial charge < -0.3 is 20.4 Å². The highest BCUT2D eigenvalue weighted by molar-refractivity contribution is 5.89. The Morgan fingerprint density at radius 2 is 1.78 bits per heavy atom. The first-order valence-electron chi connectivity index (χ1n) is 11.4. The first-order valence-corrected chi connectivity index (χ1v) is 11.4. The molecule has 32 heavy (non-hydrogen) atoms. The van der Waals surface area contributed by atoms with Crippen LogP contribution in [-0.4, -0.2) is 55.5 Å². The third-order valence-electron chi connectivity index (χ3n) is 6.41. The number of Topliss-reactive ketones (excluding diaryl/α,β-unsaturated/α-hetero) is 1. The van der Waals surface area contributed by atoms with Gasteiger partial charge in [0.05, 0.1) is 6.54 Å². The number of piperidine rings is 1. The van der Waals surface area contributed by atoms with Crippen molar-refractivity contribution in [2.75, 3.05) is 42.9 Å². The predicted molar refractivity (Wildman–Crippen MR) is 125 cm³/mol. The Labute approximate surface area is 188 Å². The van der Waals surface area contributed by atoms with Crippen molar-refractivity contribution in [2.45, 2.75) is 38.1 Å². The van der Waals surface area contributed by atoms with E-state index in [1.807, 2.05) is 35.2 Å². The molecule has 2 saturated heterocycles. The molecule has 0 aliphatic carbocycles. The number of hydrogen-bond acceptors (Lipinski definition) is 4. The van der Waals surface area contributed by atoms with Gasteiger partial charge in [-0.3, -0.25) is 4.79 Å². The van der Waals surface area contributed by atoms with Crippen molar-refractivity contribution < 1.29 is 14.0 Å². The number of urea groups is 1. The van der Waals surface area contributed by atoms with Gasteiger partial charge in [-0.05, 0) is 74.1 Å². The van der Waals surface area contributed by atoms with E-state index in [4.69, 9.17) is 0 Å². The minimum Gasteiger partial charge on any atom is -0.370 e. The molecular weight excluding hydrogens is 407 g/mol. The molecule has 0 spiro atoms. The minimum absolute atomic E-state index is 0.0925. The monoisotopic (exact) mass is 438 g/mol. The van der Waals surface area contributed by atoms with Gasteiger partial charge >= 0.3 is 6.03 Å². The number of halogens is 1. The quantitative estimate of drug-likeness (QED) is 0.716. The summed E-state index contributed by atoms with van der Waals surface area (Å²) >= 11 is 0. The third-order valence-corrected chi connectivity index (χ3v) is 6.41. The lowest BCUT2D eigenvalue weighted by atomic mass is 9.89. The molecule has 2 fully saturated rings. The Hall–Kier alpha value is -2.93. The van der Waals surface area contributed by atoms with Gasteiger partial charge in [0, 0.05) is 43.6 Å². The van der Waals surface area contributed by atoms with Crippen LogP contribution in [0.5, 0.6) is 0 Å². The third kappa shape index (κ3) is 5.65. The van der Waals surface area contributed by atoms with Gasteiger partial charge in [0.25, 0.3) is 0 Å². The normalized spacial score (nSPS) is 19.2. The molecule has 0 aromatic heterocycles. The van der Waals surface area contributed by atoms with E-state index >= 15 is 0 Å². The molecule has 2 N–H and O–H groups in total. The summed E-state index contributed by atoms with van der Waals surface area (Å²) in [5, 5.41) is 6.29. The molecule has 2 aliphatic rings. The van der Waals surface area contributed by atoms with Crippen LogP contribution in [0.25, 0.3) is 0 Å². The van der Waals surface area contributed by atoms with Gasteiger partial charge in [-0.1, -0.05) is 12.1 Å². The van der Waals surface area contributed by atoms with Crippen LogP contribution in [0, 0.1) is 5.82 Å². The van der Waals surface area contributed by atoms with Gasteiger partial charge in [0.1, 0.15) is 11.6 Å². The van der Waals surface area contributed by atoms with E-state index in [2.05, 4.69) is 15.5 Å². The van der Waals surface area contributed by atoms with Crippen molar-refractivity contribution in [3.8, 4) is 0 Å². The number of likely N-dealkylation sites (tertiary alicyclic amines) is 1. The number of ketones is 1. The predicted octanol–water partition coefficient (Wildman–Crippen LogP) is 3.99. The highest BCUT2D eigenvalue weighted by Gasteiger charge is 2.25. The van der Waals surface area contributed by atoms with E-state index in [0.29, 0.717) is 31.6 Å². The van der Waals surface area contributed by atoms with Crippen molar-refractivity contribution in [2.24, 2.45) is 0 Å². The largest absolute Gasteiger partial charge is 0.370 e. The summed E-state index contributed by atoms with van der Waals surface area (Å²) in [4.78, 5) is 28.0. The first kappa shape index (κ1) is 22.3. The van der Waals surface area contributed by atoms with Gasteiger partial charge in [0.2, 0.25) is 0 Å². The lowest BCUT2D eigenvalue weighted by Gasteiger charge is -2.32. The molecule has 2 aliphatic heterocycles. The number of hydrogen-bond donors (Lipinski definition) is 2. The van der Waals surface area contributed by atoms with Gasteiger partial charge in [-0.15, -0.1) is 0 Å². The number of nitrogens with zero attached hydrogens (tertiary/aromatic N) is 2. The fourth-order valence-corrected chi connectivity index (χ4v) is 4.58. The lowest BCUT2D eigenvalue weighted by Crippen LogP contribution is -2.40. The maximum Gasteiger partial charge on any atom is 0.321 e. The standard InChI is InChI=1S/C25H31FN4O2/c1-18(31)16-27-23-11-14-30(17-23)24-7-5-22(6-8-24)28-25(32)29-12-9-19(10-13-29)20-3-2-4-21(26)15-20/h2-8,15,19,23,27H,9-14,16-17H2,1H3,(H,28,32). The molecule has 2 heterocycles. The minimum atomic E-state index is -0.206. The summed E-state index contributed by atoms with van der Waals surface area (Å²) in [5.74, 6) is 0.243. The maximum absolute atomic E-state index is 13.5. The summed E-state index contributed by atoms with van der Waals surface area (Å²) in [6, 6.07) is 14.9. The van der Waals surface area contributed by atoms with Crippen LogP contribution in [0.2, 0.25) is 0 Å². The fourth-order valence-electron chi connectivity index (χ4n) is 4.58. The lowest BCUT2D eigenvalue weighted by molar-refractivity contribution is -0.116. The number of nitrogens with one attached hydrogen (secondary N) is 2. The molecule has 4 rings (SSSR count). The Bertz CT molecular complexity index is 941. The Kier molecular flexibility index (Phi) is 7.05. The van der Waals surface area contributed by atoms with Crippen molar-refractivity contribution in [1.29, 1.82) is 0 Å². The van der Waals surface area contributed by atoms with E-state index in [-0.39, 0.29) is 17.6 Å². The van der Waals surface area contributed by atoms with Gasteiger partial charge in [0.15, 0.2) is 0 Å². The van der Waals surface area contributed by atoms with E-state index in [1.54, 1.807) is 19.1 Å². The van der Waals surface area contributed by atoms with Crippen LogP contribution in [-0.2, 0) is 4.79 Å². The summed E-state index contributed by atoms with van der Waals surface area (Å²) in [7, 11) is 0. The summed E-state index contributed by atoms with van der Waals surface area (Å²) in [5.41, 5.74) is 2.91. The number of carbonyl (C=O) groups excluding carboxylic acids is 2. The smallest absolute Gasteiger partial charge is 0.321 e. The molecular formula is C25H31FN4O2. The zero-order valence-corrected chi connectivity index (χ0v) is 18.5. The molecule has 1 unspecified atom stereocenters. The number of benzene rings is 2. The second-order valence-electron chi connectivity index (χ2n) is 8.81. The number of rotatable bonds is 6. The molecule has 6 nitrogen and oxygen atoms in total. The number of amides is 2. The molecule has 0 saturated carbocycles. The topological polar surface area (TPSA) is 64.7 Å². The summed E-state index contributed by atoms with van der Waals surface area (Å²) < 4.78 is 13.5. The zero-order chi connectivity index (χ0) is 22.5. The number of anilines is 2. The fraction of sp³-hybridized carbons (Fsp3) is 0.440. The molecule has 0 radical (unpaired) electrons. The molecule has 2 aromatic carbocycles. The summed E-state index contributed by atoms with van der Waals surface area (Å²) in [6.07, 6.45) is 2.69. The Morgan fingerprint density at radius 1 is 1.03 bits per heavy atom. The van der Waals surface area contributed by atoms with Crippen molar-refractivity contribution in [1.82, 2.24) is 10.2 Å². The van der Waals surface area contributed by atoms with Crippen LogP contribution in [0.1, 0.15) is 37.7 Å². The van der Waals surface area contributed by atoms with E-state index < -0.39 is 0 Å². The molecule has 0 bridgehead atoms. The SMILES string of the molecule is CC(=O)CNC1CCN(c2ccc(NC(=O)N3CCC(c4cccc(F)c4)CC3)cc2)C1. The highest BCUT2D eigenvalue weighted by Crippen LogP contribution is 2.29. The first-order chi connectivity index (χ1) is 15.5. The number of carbonyl (C=O) groups is 2. The van der Waals surface area contributed by atoms with E-state index in [0.717, 1.165) is 49.3 Å². The van der Waals surface area contributed by atoms with Crippen LogP contribution in [0.4, 0.5) is 20.6 Å². The molecule has 2 amide bonds. The van der Waals surface area contributed by atoms with Crippen LogP contribution in [0.15, 0.2) is 48.5 Å². The summed E-state index contributed by atoms with van der Waals surface area (Å²) in [6.45, 7) is 5.16. The van der Waals surface area contributed by atoms with Gasteiger partial charge in [-0.25, -0.2) is 9.18 Å². The maximum atomic E-state index is 13.5. The van der Waals surface area contributed by atoms with Gasteiger partial charge in [-0.2, -0.15) is 0 Å². The molecule has 170 valence electrons. The zero-order valence-electron chi connectivity index (χ0n) is 18.5. The average Bonchev–Trinajstić information content (AvgIpc) is 3.27. The van der Waals surface area contributed by atoms with E-state index in [1.165, 1.54) is 6.07 Å². The second kappa shape index (κ2) is 10.1. The van der Waals surface area contributed by atoms with Crippen molar-refractivity contribution in [3.63, 3.8) is 0 Å². The van der Waals surface area contributed by atoms with E-state index in [9.17, 15) is 14.0 Å². The average molecular weight is 439 g/mol. The van der Waals surface area contributed by atoms with Crippen molar-refractivity contribution in [3.05, 3.63) is 59.9 Å². The molecule has 2 aromatic rings. The Balaban J connectivity index is 1.25. The second-order valence-corrected chi connectivity index (χ2v) is 8.81.